The van der Waals surface area contributed by atoms with Crippen molar-refractivity contribution in [2.45, 2.75) is 0 Å². The van der Waals surface area contributed by atoms with E-state index in [0.29, 0.717) is 0 Å². The Balaban J connectivity index is 2.78. The molecule has 0 saturated heterocycles. The Kier molecular flexibility index (Phi) is 1.22. The summed E-state index contributed by atoms with van der Waals surface area (Å²) in [5, 5.41) is 4.06. The van der Waals surface area contributed by atoms with Gasteiger partial charge in [-0.25, -0.2) is 9.50 Å². The highest BCUT2D eigenvalue weighted by Gasteiger charge is 1.95. The van der Waals surface area contributed by atoms with E-state index in [-0.39, 0.29) is 0 Å². The van der Waals surface area contributed by atoms with E-state index in [2.05, 4.69) is 16.7 Å². The van der Waals surface area contributed by atoms with Crippen molar-refractivity contribution < 1.29 is 0 Å². The molecule has 0 bridgehead atoms. The molecule has 0 fully saturated rings. The zero-order chi connectivity index (χ0) is 7.68. The predicted molar refractivity (Wildman–Crippen MR) is 43.1 cm³/mol. The van der Waals surface area contributed by atoms with Crippen molar-refractivity contribution in [2.24, 2.45) is 0 Å². The van der Waals surface area contributed by atoms with Crippen molar-refractivity contribution in [3.05, 3.63) is 36.8 Å². The molecule has 0 atom stereocenters. The fraction of sp³-hybridized carbons (Fsp3) is 0. The first-order chi connectivity index (χ1) is 5.40. The smallest absolute Gasteiger partial charge is 0.154 e. The molecule has 0 amide bonds. The summed E-state index contributed by atoms with van der Waals surface area (Å²) >= 11 is 0. The molecular weight excluding hydrogens is 138 g/mol. The maximum absolute atomic E-state index is 4.21. The van der Waals surface area contributed by atoms with Crippen LogP contribution in [0.5, 0.6) is 0 Å². The number of fused-ring (bicyclic) bond motifs is 1. The van der Waals surface area contributed by atoms with Gasteiger partial charge in [0.05, 0.1) is 11.9 Å². The van der Waals surface area contributed by atoms with Gasteiger partial charge in [-0.3, -0.25) is 0 Å². The highest BCUT2D eigenvalue weighted by Crippen LogP contribution is 2.02. The van der Waals surface area contributed by atoms with Crippen LogP contribution in [-0.4, -0.2) is 14.6 Å². The first-order valence-corrected chi connectivity index (χ1v) is 3.33. The number of imidazole rings is 1. The molecule has 0 saturated carbocycles. The molecule has 3 nitrogen and oxygen atoms in total. The van der Waals surface area contributed by atoms with Gasteiger partial charge < -0.3 is 0 Å². The van der Waals surface area contributed by atoms with Crippen LogP contribution in [0.3, 0.4) is 0 Å². The average Bonchev–Trinajstić information content (AvgIpc) is 2.46. The number of hydrogen-bond donors (Lipinski definition) is 0. The largest absolute Gasteiger partial charge is 0.228 e. The third-order valence-electron chi connectivity index (χ3n) is 1.46. The summed E-state index contributed by atoms with van der Waals surface area (Å²) in [4.78, 5) is 4.21. The van der Waals surface area contributed by atoms with Gasteiger partial charge in [-0.15, -0.1) is 0 Å². The van der Waals surface area contributed by atoms with Gasteiger partial charge in [-0.1, -0.05) is 6.58 Å². The molecule has 54 valence electrons. The number of nitrogens with zero attached hydrogens (tertiary/aromatic N) is 3. The van der Waals surface area contributed by atoms with E-state index >= 15 is 0 Å². The number of rotatable bonds is 1. The van der Waals surface area contributed by atoms with E-state index < -0.39 is 0 Å². The lowest BCUT2D eigenvalue weighted by molar-refractivity contribution is 0.935. The minimum atomic E-state index is 0.849. The van der Waals surface area contributed by atoms with Gasteiger partial charge in [0, 0.05) is 6.20 Å². The fourth-order valence-corrected chi connectivity index (χ4v) is 0.948. The van der Waals surface area contributed by atoms with Crippen LogP contribution in [0, 0.1) is 0 Å². The average molecular weight is 145 g/mol. The zero-order valence-corrected chi connectivity index (χ0v) is 5.94. The maximum Gasteiger partial charge on any atom is 0.154 e. The molecule has 2 rings (SSSR count). The Hall–Kier alpha value is -1.64. The fourth-order valence-electron chi connectivity index (χ4n) is 0.948. The SMILES string of the molecule is C=Cc1cn2ncccc2n1. The second kappa shape index (κ2) is 2.20. The van der Waals surface area contributed by atoms with Crippen LogP contribution in [0.2, 0.25) is 0 Å². The lowest BCUT2D eigenvalue weighted by atomic mass is 10.5. The maximum atomic E-state index is 4.21. The van der Waals surface area contributed by atoms with Gasteiger partial charge in [0.25, 0.3) is 0 Å². The zero-order valence-electron chi connectivity index (χ0n) is 5.94. The Morgan fingerprint density at radius 3 is 3.18 bits per heavy atom. The molecule has 2 aromatic heterocycles. The Morgan fingerprint density at radius 1 is 1.55 bits per heavy atom. The van der Waals surface area contributed by atoms with Crippen molar-refractivity contribution >= 4 is 11.7 Å². The van der Waals surface area contributed by atoms with Crippen molar-refractivity contribution in [1.29, 1.82) is 0 Å². The number of hydrogen-bond acceptors (Lipinski definition) is 2. The quantitative estimate of drug-likeness (QED) is 0.606. The van der Waals surface area contributed by atoms with Crippen LogP contribution in [-0.2, 0) is 0 Å². The monoisotopic (exact) mass is 145 g/mol. The predicted octanol–water partition coefficient (Wildman–Crippen LogP) is 1.37. The van der Waals surface area contributed by atoms with Gasteiger partial charge >= 0.3 is 0 Å². The van der Waals surface area contributed by atoms with Gasteiger partial charge in [0.2, 0.25) is 0 Å². The minimum absolute atomic E-state index is 0.849. The Labute approximate surface area is 64.0 Å². The molecule has 0 unspecified atom stereocenters. The van der Waals surface area contributed by atoms with Gasteiger partial charge in [-0.2, -0.15) is 5.10 Å². The summed E-state index contributed by atoms with van der Waals surface area (Å²) in [6.07, 6.45) is 5.26. The molecule has 2 heterocycles. The number of aromatic nitrogens is 3. The first-order valence-electron chi connectivity index (χ1n) is 3.33. The van der Waals surface area contributed by atoms with E-state index in [9.17, 15) is 0 Å². The second-order valence-corrected chi connectivity index (χ2v) is 2.20. The molecule has 0 aliphatic carbocycles. The van der Waals surface area contributed by atoms with E-state index in [4.69, 9.17) is 0 Å². The molecule has 0 aliphatic heterocycles. The molecule has 0 radical (unpaired) electrons. The van der Waals surface area contributed by atoms with Gasteiger partial charge in [-0.05, 0) is 18.2 Å². The lowest BCUT2D eigenvalue weighted by Crippen LogP contribution is -1.85. The third kappa shape index (κ3) is 0.902. The summed E-state index contributed by atoms with van der Waals surface area (Å²) in [5.41, 5.74) is 1.70. The van der Waals surface area contributed by atoms with Crippen LogP contribution < -0.4 is 0 Å². The normalized spacial score (nSPS) is 10.2. The summed E-state index contributed by atoms with van der Waals surface area (Å²) < 4.78 is 1.72. The molecule has 3 heteroatoms. The van der Waals surface area contributed by atoms with Crippen LogP contribution in [0.25, 0.3) is 11.7 Å². The molecule has 0 aliphatic rings. The van der Waals surface area contributed by atoms with Gasteiger partial charge in [0.15, 0.2) is 5.65 Å². The molecule has 11 heavy (non-hydrogen) atoms. The van der Waals surface area contributed by atoms with Crippen molar-refractivity contribution in [2.75, 3.05) is 0 Å². The Morgan fingerprint density at radius 2 is 2.45 bits per heavy atom. The second-order valence-electron chi connectivity index (χ2n) is 2.20. The minimum Gasteiger partial charge on any atom is -0.228 e. The van der Waals surface area contributed by atoms with Crippen molar-refractivity contribution in [1.82, 2.24) is 14.6 Å². The lowest BCUT2D eigenvalue weighted by Gasteiger charge is -1.85. The third-order valence-corrected chi connectivity index (χ3v) is 1.46. The summed E-state index contributed by atoms with van der Waals surface area (Å²) in [6, 6.07) is 3.76. The van der Waals surface area contributed by atoms with Crippen molar-refractivity contribution in [3.63, 3.8) is 0 Å². The van der Waals surface area contributed by atoms with Crippen LogP contribution in [0.4, 0.5) is 0 Å². The van der Waals surface area contributed by atoms with E-state index in [1.54, 1.807) is 16.8 Å². The summed E-state index contributed by atoms with van der Waals surface area (Å²) in [6.45, 7) is 3.62. The highest BCUT2D eigenvalue weighted by molar-refractivity contribution is 5.48. The van der Waals surface area contributed by atoms with Gasteiger partial charge in [0.1, 0.15) is 0 Å². The standard InChI is InChI=1S/C8H7N3/c1-2-7-6-11-8(10-7)4-3-5-9-11/h2-6H,1H2. The topological polar surface area (TPSA) is 30.2 Å². The van der Waals surface area contributed by atoms with Crippen LogP contribution in [0.15, 0.2) is 31.1 Å². The molecule has 0 aromatic carbocycles. The van der Waals surface area contributed by atoms with E-state index in [1.807, 2.05) is 18.3 Å². The van der Waals surface area contributed by atoms with E-state index in [0.717, 1.165) is 11.3 Å². The Bertz CT molecular complexity index is 356. The van der Waals surface area contributed by atoms with Crippen LogP contribution >= 0.6 is 0 Å². The molecule has 0 spiro atoms. The van der Waals surface area contributed by atoms with Crippen molar-refractivity contribution in [3.8, 4) is 0 Å². The summed E-state index contributed by atoms with van der Waals surface area (Å²) in [7, 11) is 0. The molecule has 0 N–H and O–H groups in total. The first kappa shape index (κ1) is 6.09. The molecule has 2 aromatic rings. The molecular formula is C8H7N3. The van der Waals surface area contributed by atoms with E-state index in [1.165, 1.54) is 0 Å². The highest BCUT2D eigenvalue weighted by atomic mass is 15.2. The van der Waals surface area contributed by atoms with Crippen LogP contribution in [0.1, 0.15) is 5.69 Å². The summed E-state index contributed by atoms with van der Waals surface area (Å²) in [5.74, 6) is 0.